The molecule has 3 rings (SSSR count). The maximum atomic E-state index is 12.6. The molecule has 0 saturated carbocycles. The van der Waals surface area contributed by atoms with Crippen molar-refractivity contribution in [3.63, 3.8) is 0 Å². The van der Waals surface area contributed by atoms with E-state index >= 15 is 0 Å². The summed E-state index contributed by atoms with van der Waals surface area (Å²) in [4.78, 5) is 14.4. The summed E-state index contributed by atoms with van der Waals surface area (Å²) in [7, 11) is 3.49. The molecule has 0 spiro atoms. The second kappa shape index (κ2) is 10.8. The molecule has 0 bridgehead atoms. The molecule has 6 nitrogen and oxygen atoms in total. The topological polar surface area (TPSA) is 60.2 Å². The van der Waals surface area contributed by atoms with Crippen LogP contribution in [0.2, 0.25) is 0 Å². The molecule has 1 amide bonds. The Morgan fingerprint density at radius 1 is 1.10 bits per heavy atom. The van der Waals surface area contributed by atoms with E-state index in [1.165, 1.54) is 11.8 Å². The van der Waals surface area contributed by atoms with Gasteiger partial charge in [0.1, 0.15) is 5.75 Å². The third-order valence-electron chi connectivity index (χ3n) is 4.81. The van der Waals surface area contributed by atoms with E-state index in [1.807, 2.05) is 61.6 Å². The van der Waals surface area contributed by atoms with Crippen molar-refractivity contribution < 1.29 is 9.53 Å². The van der Waals surface area contributed by atoms with E-state index in [1.54, 1.807) is 12.0 Å². The predicted molar refractivity (Wildman–Crippen MR) is 121 cm³/mol. The zero-order chi connectivity index (χ0) is 21.3. The van der Waals surface area contributed by atoms with Gasteiger partial charge in [-0.2, -0.15) is 0 Å². The summed E-state index contributed by atoms with van der Waals surface area (Å²) < 4.78 is 7.36. The number of hydrogen-bond acceptors (Lipinski definition) is 5. The van der Waals surface area contributed by atoms with E-state index in [-0.39, 0.29) is 5.91 Å². The molecule has 1 aromatic heterocycles. The van der Waals surface area contributed by atoms with Gasteiger partial charge in [0, 0.05) is 25.7 Å². The predicted octanol–water partition coefficient (Wildman–Crippen LogP) is 4.50. The minimum Gasteiger partial charge on any atom is -0.497 e. The first-order valence-electron chi connectivity index (χ1n) is 10.1. The minimum absolute atomic E-state index is 0.0693. The fraction of sp³-hybridized carbons (Fsp3) is 0.348. The third kappa shape index (κ3) is 5.63. The normalized spacial score (nSPS) is 10.8. The van der Waals surface area contributed by atoms with Crippen LogP contribution in [0.5, 0.6) is 5.75 Å². The highest BCUT2D eigenvalue weighted by molar-refractivity contribution is 7.99. The van der Waals surface area contributed by atoms with Crippen LogP contribution in [-0.4, -0.2) is 45.5 Å². The lowest BCUT2D eigenvalue weighted by Crippen LogP contribution is -2.27. The van der Waals surface area contributed by atoms with Crippen molar-refractivity contribution in [1.82, 2.24) is 19.7 Å². The number of ether oxygens (including phenoxy) is 1. The van der Waals surface area contributed by atoms with Crippen LogP contribution in [0.1, 0.15) is 25.3 Å². The molecule has 30 heavy (non-hydrogen) atoms. The largest absolute Gasteiger partial charge is 0.497 e. The number of rotatable bonds is 10. The van der Waals surface area contributed by atoms with Gasteiger partial charge in [-0.3, -0.25) is 4.79 Å². The zero-order valence-corrected chi connectivity index (χ0v) is 18.6. The van der Waals surface area contributed by atoms with Crippen molar-refractivity contribution in [2.75, 3.05) is 19.9 Å². The average molecular weight is 425 g/mol. The van der Waals surface area contributed by atoms with Crippen LogP contribution in [0.15, 0.2) is 59.8 Å². The number of unbranched alkanes of at least 4 members (excludes halogenated alkanes) is 1. The smallest absolute Gasteiger partial charge is 0.233 e. The molecule has 7 heteroatoms. The molecule has 1 heterocycles. The fourth-order valence-corrected chi connectivity index (χ4v) is 3.95. The molecule has 0 N–H and O–H groups in total. The highest BCUT2D eigenvalue weighted by Gasteiger charge is 2.17. The van der Waals surface area contributed by atoms with Crippen LogP contribution in [0.3, 0.4) is 0 Å². The first-order valence-corrected chi connectivity index (χ1v) is 11.1. The van der Waals surface area contributed by atoms with Crippen LogP contribution in [-0.2, 0) is 17.9 Å². The first kappa shape index (κ1) is 21.9. The van der Waals surface area contributed by atoms with Gasteiger partial charge in [-0.1, -0.05) is 55.4 Å². The van der Waals surface area contributed by atoms with Crippen molar-refractivity contribution >= 4 is 17.7 Å². The van der Waals surface area contributed by atoms with Gasteiger partial charge in [0.15, 0.2) is 11.0 Å². The summed E-state index contributed by atoms with van der Waals surface area (Å²) in [6, 6.07) is 17.8. The summed E-state index contributed by atoms with van der Waals surface area (Å²) in [5.74, 6) is 2.02. The molecule has 2 aromatic carbocycles. The highest BCUT2D eigenvalue weighted by Crippen LogP contribution is 2.26. The molecule has 0 unspecified atom stereocenters. The second-order valence-corrected chi connectivity index (χ2v) is 8.01. The van der Waals surface area contributed by atoms with Gasteiger partial charge < -0.3 is 14.2 Å². The summed E-state index contributed by atoms with van der Waals surface area (Å²) in [6.45, 7) is 3.58. The van der Waals surface area contributed by atoms with Crippen molar-refractivity contribution in [1.29, 1.82) is 0 Å². The molecule has 158 valence electrons. The van der Waals surface area contributed by atoms with E-state index in [9.17, 15) is 4.79 Å². The Labute approximate surface area is 182 Å². The van der Waals surface area contributed by atoms with E-state index in [0.29, 0.717) is 12.3 Å². The number of carbonyl (C=O) groups is 1. The first-order chi connectivity index (χ1) is 14.6. The summed E-state index contributed by atoms with van der Waals surface area (Å²) in [6.07, 6.45) is 2.10. The number of thioether (sulfide) groups is 1. The van der Waals surface area contributed by atoms with Crippen LogP contribution in [0.4, 0.5) is 0 Å². The Hall–Kier alpha value is -2.80. The van der Waals surface area contributed by atoms with Gasteiger partial charge in [-0.05, 0) is 36.2 Å². The van der Waals surface area contributed by atoms with Crippen LogP contribution < -0.4 is 4.74 Å². The highest BCUT2D eigenvalue weighted by atomic mass is 32.2. The lowest BCUT2D eigenvalue weighted by atomic mass is 10.2. The van der Waals surface area contributed by atoms with Gasteiger partial charge in [-0.15, -0.1) is 10.2 Å². The Morgan fingerprint density at radius 3 is 2.50 bits per heavy atom. The number of carbonyl (C=O) groups excluding carboxylic acids is 1. The van der Waals surface area contributed by atoms with E-state index in [0.717, 1.165) is 47.2 Å². The maximum absolute atomic E-state index is 12.6. The van der Waals surface area contributed by atoms with Gasteiger partial charge >= 0.3 is 0 Å². The second-order valence-electron chi connectivity index (χ2n) is 7.06. The molecular weight excluding hydrogens is 396 g/mol. The standard InChI is InChI=1S/C23H28N4O2S/c1-4-5-15-27-22(19-11-13-20(29-3)14-12-19)24-25-23(27)30-17-21(28)26(2)16-18-9-7-6-8-10-18/h6-14H,4-5,15-17H2,1-3H3. The average Bonchev–Trinajstić information content (AvgIpc) is 3.19. The molecule has 3 aromatic rings. The number of aromatic nitrogens is 3. The lowest BCUT2D eigenvalue weighted by molar-refractivity contribution is -0.127. The van der Waals surface area contributed by atoms with E-state index in [4.69, 9.17) is 4.74 Å². The number of methoxy groups -OCH3 is 1. The molecule has 0 radical (unpaired) electrons. The summed E-state index contributed by atoms with van der Waals surface area (Å²) in [5, 5.41) is 9.56. The molecule has 0 aliphatic rings. The monoisotopic (exact) mass is 424 g/mol. The molecular formula is C23H28N4O2S. The summed E-state index contributed by atoms with van der Waals surface area (Å²) in [5.41, 5.74) is 2.10. The Balaban J connectivity index is 1.70. The van der Waals surface area contributed by atoms with Gasteiger partial charge in [0.05, 0.1) is 12.9 Å². The van der Waals surface area contributed by atoms with Crippen molar-refractivity contribution in [2.45, 2.75) is 38.0 Å². The van der Waals surface area contributed by atoms with Gasteiger partial charge in [0.25, 0.3) is 0 Å². The molecule has 0 saturated heterocycles. The van der Waals surface area contributed by atoms with E-state index in [2.05, 4.69) is 21.7 Å². The number of benzene rings is 2. The Bertz CT molecular complexity index is 942. The van der Waals surface area contributed by atoms with Gasteiger partial charge in [0.2, 0.25) is 5.91 Å². The van der Waals surface area contributed by atoms with Crippen molar-refractivity contribution in [3.8, 4) is 17.1 Å². The quantitative estimate of drug-likeness (QED) is 0.448. The van der Waals surface area contributed by atoms with Crippen LogP contribution >= 0.6 is 11.8 Å². The Kier molecular flexibility index (Phi) is 7.90. The lowest BCUT2D eigenvalue weighted by Gasteiger charge is -2.17. The van der Waals surface area contributed by atoms with Gasteiger partial charge in [-0.25, -0.2) is 0 Å². The SMILES string of the molecule is CCCCn1c(SCC(=O)N(C)Cc2ccccc2)nnc1-c1ccc(OC)cc1. The Morgan fingerprint density at radius 2 is 1.83 bits per heavy atom. The number of amides is 1. The minimum atomic E-state index is 0.0693. The summed E-state index contributed by atoms with van der Waals surface area (Å²) >= 11 is 1.44. The van der Waals surface area contributed by atoms with E-state index < -0.39 is 0 Å². The van der Waals surface area contributed by atoms with Crippen molar-refractivity contribution in [2.24, 2.45) is 0 Å². The van der Waals surface area contributed by atoms with Crippen molar-refractivity contribution in [3.05, 3.63) is 60.2 Å². The number of hydrogen-bond donors (Lipinski definition) is 0. The molecule has 0 aliphatic heterocycles. The molecule has 0 aliphatic carbocycles. The third-order valence-corrected chi connectivity index (χ3v) is 5.76. The molecule has 0 fully saturated rings. The van der Waals surface area contributed by atoms with Crippen LogP contribution in [0.25, 0.3) is 11.4 Å². The zero-order valence-electron chi connectivity index (χ0n) is 17.7. The number of nitrogens with zero attached hydrogens (tertiary/aromatic N) is 4. The van der Waals surface area contributed by atoms with Crippen LogP contribution in [0, 0.1) is 0 Å². The fourth-order valence-electron chi connectivity index (χ4n) is 3.05. The molecule has 0 atom stereocenters. The maximum Gasteiger partial charge on any atom is 0.233 e.